The van der Waals surface area contributed by atoms with Crippen LogP contribution < -0.4 is 4.90 Å². The quantitative estimate of drug-likeness (QED) is 0.138. The summed E-state index contributed by atoms with van der Waals surface area (Å²) in [5.74, 6) is 0.642. The second-order valence-electron chi connectivity index (χ2n) is 14.2. The Labute approximate surface area is 337 Å². The molecule has 10 rings (SSSR count). The van der Waals surface area contributed by atoms with Crippen LogP contribution in [0.5, 0.6) is 0 Å². The molecular formula is C52H38N6. The van der Waals surface area contributed by atoms with Crippen molar-refractivity contribution in [3.8, 4) is 33.9 Å². The molecule has 0 aliphatic rings. The lowest BCUT2D eigenvalue weighted by atomic mass is 10.0. The summed E-state index contributed by atoms with van der Waals surface area (Å²) in [4.78, 5) is 15.0. The molecule has 6 nitrogen and oxygen atoms in total. The fourth-order valence-corrected chi connectivity index (χ4v) is 8.19. The molecule has 0 N–H and O–H groups in total. The van der Waals surface area contributed by atoms with Gasteiger partial charge in [-0.25, -0.2) is 15.0 Å². The van der Waals surface area contributed by atoms with Crippen molar-refractivity contribution in [1.29, 1.82) is 0 Å². The van der Waals surface area contributed by atoms with Crippen LogP contribution in [0.3, 0.4) is 0 Å². The van der Waals surface area contributed by atoms with E-state index in [1.807, 2.05) is 13.0 Å². The van der Waals surface area contributed by atoms with Crippen molar-refractivity contribution in [3.05, 3.63) is 213 Å². The molecule has 7 aromatic carbocycles. The van der Waals surface area contributed by atoms with E-state index in [4.69, 9.17) is 0 Å². The van der Waals surface area contributed by atoms with Crippen LogP contribution in [0.4, 0.5) is 17.1 Å². The molecule has 0 aliphatic carbocycles. The molecule has 10 aromatic rings. The van der Waals surface area contributed by atoms with Gasteiger partial charge in [0.1, 0.15) is 12.7 Å². The van der Waals surface area contributed by atoms with Gasteiger partial charge >= 0.3 is 0 Å². The second-order valence-corrected chi connectivity index (χ2v) is 14.2. The summed E-state index contributed by atoms with van der Waals surface area (Å²) in [6.07, 6.45) is 9.21. The lowest BCUT2D eigenvalue weighted by molar-refractivity contribution is 1.06. The third-order valence-electron chi connectivity index (χ3n) is 11.0. The maximum absolute atomic E-state index is 4.35. The molecule has 58 heavy (non-hydrogen) atoms. The molecule has 0 unspecified atom stereocenters. The monoisotopic (exact) mass is 746 g/mol. The van der Waals surface area contributed by atoms with Gasteiger partial charge in [-0.2, -0.15) is 0 Å². The summed E-state index contributed by atoms with van der Waals surface area (Å²) < 4.78 is 4.67. The van der Waals surface area contributed by atoms with Gasteiger partial charge < -0.3 is 14.0 Å². The molecule has 0 spiro atoms. The third-order valence-corrected chi connectivity index (χ3v) is 11.0. The number of para-hydroxylation sites is 2. The van der Waals surface area contributed by atoms with Gasteiger partial charge in [0.25, 0.3) is 0 Å². The highest BCUT2D eigenvalue weighted by Crippen LogP contribution is 2.41. The van der Waals surface area contributed by atoms with Crippen LogP contribution >= 0.6 is 0 Å². The molecule has 6 heteroatoms. The van der Waals surface area contributed by atoms with Gasteiger partial charge in [0, 0.05) is 56.4 Å². The summed E-state index contributed by atoms with van der Waals surface area (Å²) >= 11 is 0. The number of allylic oxidation sites excluding steroid dienone is 3. The van der Waals surface area contributed by atoms with E-state index >= 15 is 0 Å². The van der Waals surface area contributed by atoms with Gasteiger partial charge in [-0.15, -0.1) is 0 Å². The molecule has 0 saturated carbocycles. The highest BCUT2D eigenvalue weighted by molar-refractivity contribution is 6.21. The van der Waals surface area contributed by atoms with Gasteiger partial charge in [0.05, 0.1) is 16.6 Å². The minimum absolute atomic E-state index is 0.642. The summed E-state index contributed by atoms with van der Waals surface area (Å²) in [7, 11) is 0. The number of nitrogens with zero attached hydrogens (tertiary/aromatic N) is 6. The summed E-state index contributed by atoms with van der Waals surface area (Å²) in [5.41, 5.74) is 14.4. The standard InChI is InChI=1S/C52H38N6/c1-3-36(4-2)37-15-22-43(23-16-37)57(45-26-19-39(20-27-45)52-54-34-53-35-55-52)44-24-17-38(18-25-44)40-21-28-49-47(33-40)51-46-31-32-56(41-11-7-5-8-12-41)48(46)29-30-50(51)58(49)42-13-9-6-10-14-42/h3-35H,1H2,2H3. The molecule has 0 fully saturated rings. The van der Waals surface area contributed by atoms with Gasteiger partial charge in [0.2, 0.25) is 0 Å². The smallest absolute Gasteiger partial charge is 0.162 e. The van der Waals surface area contributed by atoms with E-state index in [2.05, 4.69) is 218 Å². The molecule has 3 heterocycles. The second kappa shape index (κ2) is 14.7. The van der Waals surface area contributed by atoms with Crippen molar-refractivity contribution in [3.63, 3.8) is 0 Å². The number of aromatic nitrogens is 5. The van der Waals surface area contributed by atoms with Crippen molar-refractivity contribution in [2.24, 2.45) is 0 Å². The molecular weight excluding hydrogens is 709 g/mol. The first-order valence-electron chi connectivity index (χ1n) is 19.4. The molecule has 3 aromatic heterocycles. The third kappa shape index (κ3) is 6.04. The SMILES string of the molecule is C=CC(=CC)c1ccc(N(c2ccc(-c3ccc4c(c3)c3c5ccn(-c6ccccc6)c5ccc3n4-c3ccccc3)cc2)c2ccc(-c3ncncn3)cc2)cc1. The number of fused-ring (bicyclic) bond motifs is 5. The Hall–Kier alpha value is -7.83. The van der Waals surface area contributed by atoms with E-state index in [0.29, 0.717) is 5.82 Å². The first-order chi connectivity index (χ1) is 28.7. The molecule has 0 radical (unpaired) electrons. The zero-order valence-electron chi connectivity index (χ0n) is 31.9. The Morgan fingerprint density at radius 2 is 1.12 bits per heavy atom. The van der Waals surface area contributed by atoms with E-state index in [9.17, 15) is 0 Å². The fraction of sp³-hybridized carbons (Fsp3) is 0.0192. The number of anilines is 3. The predicted molar refractivity (Wildman–Crippen MR) is 240 cm³/mol. The highest BCUT2D eigenvalue weighted by atomic mass is 15.1. The normalized spacial score (nSPS) is 11.7. The summed E-state index contributed by atoms with van der Waals surface area (Å²) in [6.45, 7) is 6.04. The van der Waals surface area contributed by atoms with Crippen molar-refractivity contribution in [1.82, 2.24) is 24.1 Å². The number of hydrogen-bond donors (Lipinski definition) is 0. The topological polar surface area (TPSA) is 51.8 Å². The minimum Gasteiger partial charge on any atom is -0.317 e. The van der Waals surface area contributed by atoms with Crippen LogP contribution in [0, 0.1) is 0 Å². The van der Waals surface area contributed by atoms with E-state index in [1.54, 1.807) is 0 Å². The molecule has 0 amide bonds. The van der Waals surface area contributed by atoms with Gasteiger partial charge in [0.15, 0.2) is 5.82 Å². The summed E-state index contributed by atoms with van der Waals surface area (Å²) in [5, 5.41) is 3.69. The van der Waals surface area contributed by atoms with Crippen LogP contribution in [0.2, 0.25) is 0 Å². The fourth-order valence-electron chi connectivity index (χ4n) is 8.19. The van der Waals surface area contributed by atoms with E-state index in [-0.39, 0.29) is 0 Å². The van der Waals surface area contributed by atoms with Crippen LogP contribution in [-0.4, -0.2) is 24.1 Å². The van der Waals surface area contributed by atoms with Crippen LogP contribution in [-0.2, 0) is 0 Å². The average molecular weight is 747 g/mol. The van der Waals surface area contributed by atoms with E-state index in [1.165, 1.54) is 45.4 Å². The number of benzene rings is 7. The Balaban J connectivity index is 1.08. The van der Waals surface area contributed by atoms with Gasteiger partial charge in [-0.3, -0.25) is 0 Å². The number of rotatable bonds is 9. The molecule has 0 atom stereocenters. The molecule has 276 valence electrons. The lowest BCUT2D eigenvalue weighted by Gasteiger charge is -2.26. The minimum atomic E-state index is 0.642. The zero-order valence-corrected chi connectivity index (χ0v) is 31.9. The Morgan fingerprint density at radius 1 is 0.552 bits per heavy atom. The van der Waals surface area contributed by atoms with Crippen molar-refractivity contribution < 1.29 is 0 Å². The van der Waals surface area contributed by atoms with Gasteiger partial charge in [-0.1, -0.05) is 85.5 Å². The Bertz CT molecular complexity index is 3090. The highest BCUT2D eigenvalue weighted by Gasteiger charge is 2.19. The molecule has 0 saturated heterocycles. The largest absolute Gasteiger partial charge is 0.317 e. The Morgan fingerprint density at radius 3 is 1.76 bits per heavy atom. The van der Waals surface area contributed by atoms with Crippen LogP contribution in [0.1, 0.15) is 12.5 Å². The van der Waals surface area contributed by atoms with Crippen LogP contribution in [0.15, 0.2) is 207 Å². The lowest BCUT2D eigenvalue weighted by Crippen LogP contribution is -2.10. The van der Waals surface area contributed by atoms with E-state index in [0.717, 1.165) is 56.3 Å². The van der Waals surface area contributed by atoms with Crippen LogP contribution in [0.25, 0.3) is 72.2 Å². The first-order valence-corrected chi connectivity index (χ1v) is 19.4. The number of hydrogen-bond acceptors (Lipinski definition) is 4. The Kier molecular flexibility index (Phi) is 8.77. The van der Waals surface area contributed by atoms with Gasteiger partial charge in [-0.05, 0) is 132 Å². The van der Waals surface area contributed by atoms with Crippen molar-refractivity contribution in [2.45, 2.75) is 6.92 Å². The van der Waals surface area contributed by atoms with E-state index < -0.39 is 0 Å². The maximum Gasteiger partial charge on any atom is 0.162 e. The summed E-state index contributed by atoms with van der Waals surface area (Å²) in [6, 6.07) is 60.7. The maximum atomic E-state index is 4.35. The average Bonchev–Trinajstić information content (AvgIpc) is 3.88. The molecule has 0 aliphatic heterocycles. The zero-order chi connectivity index (χ0) is 39.0. The molecule has 0 bridgehead atoms. The first kappa shape index (κ1) is 34.6. The van der Waals surface area contributed by atoms with Crippen molar-refractivity contribution in [2.75, 3.05) is 4.90 Å². The van der Waals surface area contributed by atoms with Crippen molar-refractivity contribution >= 4 is 55.3 Å². The predicted octanol–water partition coefficient (Wildman–Crippen LogP) is 13.3.